The predicted octanol–water partition coefficient (Wildman–Crippen LogP) is 3.62. The van der Waals surface area contributed by atoms with Gasteiger partial charge in [-0.05, 0) is 67.5 Å². The number of hydrogen-bond acceptors (Lipinski definition) is 3. The van der Waals surface area contributed by atoms with Crippen LogP contribution in [0.25, 0.3) is 0 Å². The van der Waals surface area contributed by atoms with Crippen LogP contribution in [0.1, 0.15) is 42.5 Å². The third kappa shape index (κ3) is 4.17. The molecule has 0 aliphatic heterocycles. The SMILES string of the molecule is CC(NC(=O)C(=O)Nc1ccc(N)cc1Cl)c1ccc2c(c1)CCCC2. The molecule has 0 bridgehead atoms. The van der Waals surface area contributed by atoms with Crippen LogP contribution >= 0.6 is 11.6 Å². The predicted molar refractivity (Wildman–Crippen MR) is 104 cm³/mol. The molecular weight excluding hydrogens is 350 g/mol. The summed E-state index contributed by atoms with van der Waals surface area (Å²) in [5.41, 5.74) is 10.2. The molecular formula is C20H22ClN3O2. The van der Waals surface area contributed by atoms with Gasteiger partial charge in [0.25, 0.3) is 0 Å². The van der Waals surface area contributed by atoms with Crippen LogP contribution in [-0.4, -0.2) is 11.8 Å². The number of rotatable bonds is 3. The van der Waals surface area contributed by atoms with E-state index in [1.165, 1.54) is 30.0 Å². The van der Waals surface area contributed by atoms with E-state index in [4.69, 9.17) is 17.3 Å². The molecule has 136 valence electrons. The molecule has 1 atom stereocenters. The maximum atomic E-state index is 12.2. The average molecular weight is 372 g/mol. The zero-order valence-electron chi connectivity index (χ0n) is 14.6. The van der Waals surface area contributed by atoms with Crippen molar-refractivity contribution < 1.29 is 9.59 Å². The fourth-order valence-corrected chi connectivity index (χ4v) is 3.42. The van der Waals surface area contributed by atoms with Crippen molar-refractivity contribution in [1.29, 1.82) is 0 Å². The van der Waals surface area contributed by atoms with Gasteiger partial charge in [-0.15, -0.1) is 0 Å². The Labute approximate surface area is 157 Å². The normalized spacial score (nSPS) is 14.2. The number of hydrogen-bond donors (Lipinski definition) is 3. The van der Waals surface area contributed by atoms with Gasteiger partial charge in [0.15, 0.2) is 0 Å². The summed E-state index contributed by atoms with van der Waals surface area (Å²) in [5, 5.41) is 5.53. The van der Waals surface area contributed by atoms with Crippen LogP contribution in [0.3, 0.4) is 0 Å². The Kier molecular flexibility index (Phi) is 5.47. The van der Waals surface area contributed by atoms with E-state index in [-0.39, 0.29) is 11.1 Å². The highest BCUT2D eigenvalue weighted by Gasteiger charge is 2.19. The molecule has 1 aliphatic rings. The van der Waals surface area contributed by atoms with Gasteiger partial charge in [-0.2, -0.15) is 0 Å². The maximum Gasteiger partial charge on any atom is 0.313 e. The standard InChI is InChI=1S/C20H22ClN3O2/c1-12(14-7-6-13-4-2-3-5-15(13)10-14)23-19(25)20(26)24-18-9-8-16(22)11-17(18)21/h6-12H,2-5,22H2,1H3,(H,23,25)(H,24,26). The lowest BCUT2D eigenvalue weighted by Crippen LogP contribution is -2.37. The molecule has 0 saturated heterocycles. The molecule has 1 aliphatic carbocycles. The molecule has 0 spiro atoms. The molecule has 3 rings (SSSR count). The van der Waals surface area contributed by atoms with Crippen molar-refractivity contribution in [2.75, 3.05) is 11.1 Å². The summed E-state index contributed by atoms with van der Waals surface area (Å²) < 4.78 is 0. The van der Waals surface area contributed by atoms with Crippen molar-refractivity contribution in [2.24, 2.45) is 0 Å². The summed E-state index contributed by atoms with van der Waals surface area (Å²) >= 11 is 6.02. The highest BCUT2D eigenvalue weighted by molar-refractivity contribution is 6.41. The molecule has 26 heavy (non-hydrogen) atoms. The molecule has 0 aromatic heterocycles. The zero-order valence-corrected chi connectivity index (χ0v) is 15.4. The molecule has 0 radical (unpaired) electrons. The Morgan fingerprint density at radius 1 is 1.04 bits per heavy atom. The average Bonchev–Trinajstić information content (AvgIpc) is 2.63. The summed E-state index contributed by atoms with van der Waals surface area (Å²) in [4.78, 5) is 24.3. The van der Waals surface area contributed by atoms with Crippen molar-refractivity contribution in [1.82, 2.24) is 5.32 Å². The molecule has 0 saturated carbocycles. The van der Waals surface area contributed by atoms with E-state index in [1.807, 2.05) is 13.0 Å². The van der Waals surface area contributed by atoms with E-state index in [2.05, 4.69) is 22.8 Å². The Balaban J connectivity index is 1.64. The number of nitrogens with one attached hydrogen (secondary N) is 2. The molecule has 2 aromatic carbocycles. The second-order valence-electron chi connectivity index (χ2n) is 6.62. The topological polar surface area (TPSA) is 84.2 Å². The van der Waals surface area contributed by atoms with Gasteiger partial charge >= 0.3 is 11.8 Å². The van der Waals surface area contributed by atoms with Crippen molar-refractivity contribution in [3.8, 4) is 0 Å². The third-order valence-corrected chi connectivity index (χ3v) is 4.98. The van der Waals surface area contributed by atoms with Crippen LogP contribution in [0.5, 0.6) is 0 Å². The molecule has 6 heteroatoms. The van der Waals surface area contributed by atoms with Crippen molar-refractivity contribution in [2.45, 2.75) is 38.6 Å². The highest BCUT2D eigenvalue weighted by Crippen LogP contribution is 2.25. The number of carbonyl (C=O) groups excluding carboxylic acids is 2. The zero-order chi connectivity index (χ0) is 18.7. The van der Waals surface area contributed by atoms with Gasteiger partial charge in [0.1, 0.15) is 0 Å². The molecule has 0 heterocycles. The quantitative estimate of drug-likeness (QED) is 0.569. The Morgan fingerprint density at radius 2 is 1.77 bits per heavy atom. The largest absolute Gasteiger partial charge is 0.399 e. The second kappa shape index (κ2) is 7.79. The summed E-state index contributed by atoms with van der Waals surface area (Å²) in [7, 11) is 0. The van der Waals surface area contributed by atoms with Crippen LogP contribution in [0, 0.1) is 0 Å². The number of nitrogens with two attached hydrogens (primary N) is 1. The summed E-state index contributed by atoms with van der Waals surface area (Å²) in [6, 6.07) is 10.7. The van der Waals surface area contributed by atoms with Crippen LogP contribution < -0.4 is 16.4 Å². The third-order valence-electron chi connectivity index (χ3n) is 4.67. The molecule has 5 nitrogen and oxygen atoms in total. The Bertz CT molecular complexity index is 851. The van der Waals surface area contributed by atoms with E-state index in [1.54, 1.807) is 12.1 Å². The number of aryl methyl sites for hydroxylation is 2. The number of nitrogen functional groups attached to an aromatic ring is 1. The highest BCUT2D eigenvalue weighted by atomic mass is 35.5. The first-order valence-electron chi connectivity index (χ1n) is 8.72. The van der Waals surface area contributed by atoms with Crippen molar-refractivity contribution >= 4 is 34.8 Å². The van der Waals surface area contributed by atoms with Gasteiger partial charge in [-0.25, -0.2) is 0 Å². The minimum absolute atomic E-state index is 0.262. The molecule has 0 fully saturated rings. The van der Waals surface area contributed by atoms with Gasteiger partial charge in [0.2, 0.25) is 0 Å². The van der Waals surface area contributed by atoms with E-state index in [9.17, 15) is 9.59 Å². The summed E-state index contributed by atoms with van der Waals surface area (Å²) in [6.07, 6.45) is 4.61. The Morgan fingerprint density at radius 3 is 2.50 bits per heavy atom. The fraction of sp³-hybridized carbons (Fsp3) is 0.300. The smallest absolute Gasteiger partial charge is 0.313 e. The number of amides is 2. The van der Waals surface area contributed by atoms with Gasteiger partial charge in [-0.3, -0.25) is 9.59 Å². The van der Waals surface area contributed by atoms with Crippen LogP contribution in [0.4, 0.5) is 11.4 Å². The summed E-state index contributed by atoms with van der Waals surface area (Å²) in [6.45, 7) is 1.87. The minimum Gasteiger partial charge on any atom is -0.399 e. The first-order valence-corrected chi connectivity index (χ1v) is 9.10. The Hall–Kier alpha value is -2.53. The van der Waals surface area contributed by atoms with Crippen LogP contribution in [0.15, 0.2) is 36.4 Å². The van der Waals surface area contributed by atoms with E-state index in [0.29, 0.717) is 11.4 Å². The van der Waals surface area contributed by atoms with E-state index in [0.717, 1.165) is 18.4 Å². The first-order chi connectivity index (χ1) is 12.4. The van der Waals surface area contributed by atoms with Gasteiger partial charge in [-0.1, -0.05) is 29.8 Å². The lowest BCUT2D eigenvalue weighted by atomic mass is 9.89. The van der Waals surface area contributed by atoms with Crippen LogP contribution in [0.2, 0.25) is 5.02 Å². The van der Waals surface area contributed by atoms with Crippen LogP contribution in [-0.2, 0) is 22.4 Å². The fourth-order valence-electron chi connectivity index (χ4n) is 3.18. The number of halogens is 1. The molecule has 2 aromatic rings. The monoisotopic (exact) mass is 371 g/mol. The number of benzene rings is 2. The van der Waals surface area contributed by atoms with Crippen molar-refractivity contribution in [3.63, 3.8) is 0 Å². The molecule has 1 unspecified atom stereocenters. The lowest BCUT2D eigenvalue weighted by Gasteiger charge is -2.20. The number of anilines is 2. The molecule has 2 amide bonds. The van der Waals surface area contributed by atoms with E-state index < -0.39 is 11.8 Å². The number of fused-ring (bicyclic) bond motifs is 1. The summed E-state index contributed by atoms with van der Waals surface area (Å²) in [5.74, 6) is -1.47. The van der Waals surface area contributed by atoms with Gasteiger partial charge in [0, 0.05) is 5.69 Å². The second-order valence-corrected chi connectivity index (χ2v) is 7.03. The maximum absolute atomic E-state index is 12.2. The molecule has 4 N–H and O–H groups in total. The van der Waals surface area contributed by atoms with Gasteiger partial charge in [0.05, 0.1) is 16.8 Å². The van der Waals surface area contributed by atoms with Crippen molar-refractivity contribution in [3.05, 3.63) is 58.1 Å². The number of carbonyl (C=O) groups is 2. The van der Waals surface area contributed by atoms with E-state index >= 15 is 0 Å². The minimum atomic E-state index is -0.763. The van der Waals surface area contributed by atoms with Gasteiger partial charge < -0.3 is 16.4 Å². The lowest BCUT2D eigenvalue weighted by molar-refractivity contribution is -0.136. The first kappa shape index (κ1) is 18.3.